The standard InChI is InChI=1S/C17H22N2O4.ClH/c20-17(13-7-9-14(10-8-13)19(21)22)23-16-6-2-1-5-15(16)18-11-3-4-12-18;/h7-10,15-16H,1-6,11-12H2;1H/t15-,16-;/m1./s1. The minimum Gasteiger partial charge on any atom is -0.457 e. The minimum atomic E-state index is -0.473. The Kier molecular flexibility index (Phi) is 6.57. The summed E-state index contributed by atoms with van der Waals surface area (Å²) in [7, 11) is 0. The van der Waals surface area contributed by atoms with Gasteiger partial charge in [-0.25, -0.2) is 4.79 Å². The summed E-state index contributed by atoms with van der Waals surface area (Å²) in [6.07, 6.45) is 6.64. The van der Waals surface area contributed by atoms with Gasteiger partial charge in [-0.1, -0.05) is 6.42 Å². The number of nitro benzene ring substituents is 1. The molecule has 6 nitrogen and oxygen atoms in total. The number of carbonyl (C=O) groups is 1. The molecule has 0 bridgehead atoms. The number of hydrogen-bond donors (Lipinski definition) is 0. The van der Waals surface area contributed by atoms with Crippen LogP contribution in [-0.4, -0.2) is 41.0 Å². The quantitative estimate of drug-likeness (QED) is 0.469. The zero-order valence-corrected chi connectivity index (χ0v) is 14.4. The molecule has 2 fully saturated rings. The Morgan fingerprint density at radius 2 is 1.71 bits per heavy atom. The second-order valence-electron chi connectivity index (χ2n) is 6.34. The molecule has 1 aromatic rings. The monoisotopic (exact) mass is 354 g/mol. The number of hydrogen-bond acceptors (Lipinski definition) is 5. The number of esters is 1. The van der Waals surface area contributed by atoms with Crippen molar-refractivity contribution in [2.75, 3.05) is 13.1 Å². The molecular weight excluding hydrogens is 332 g/mol. The summed E-state index contributed by atoms with van der Waals surface area (Å²) in [6.45, 7) is 2.19. The Morgan fingerprint density at radius 3 is 2.33 bits per heavy atom. The van der Waals surface area contributed by atoms with Gasteiger partial charge in [0, 0.05) is 18.2 Å². The van der Waals surface area contributed by atoms with Crippen LogP contribution in [0.25, 0.3) is 0 Å². The number of non-ortho nitro benzene ring substituents is 1. The van der Waals surface area contributed by atoms with Crippen LogP contribution in [0.4, 0.5) is 5.69 Å². The molecule has 1 heterocycles. The first-order chi connectivity index (χ1) is 11.1. The molecule has 1 aliphatic heterocycles. The lowest BCUT2D eigenvalue weighted by atomic mass is 9.91. The molecule has 1 aliphatic carbocycles. The molecule has 2 atom stereocenters. The Hall–Kier alpha value is -1.66. The van der Waals surface area contributed by atoms with Crippen molar-refractivity contribution in [2.24, 2.45) is 0 Å². The second-order valence-corrected chi connectivity index (χ2v) is 6.34. The predicted octanol–water partition coefficient (Wildman–Crippen LogP) is 3.58. The Labute approximate surface area is 147 Å². The van der Waals surface area contributed by atoms with E-state index in [-0.39, 0.29) is 30.2 Å². The zero-order chi connectivity index (χ0) is 16.2. The molecule has 1 aromatic carbocycles. The van der Waals surface area contributed by atoms with Gasteiger partial charge in [-0.15, -0.1) is 12.4 Å². The number of nitrogens with zero attached hydrogens (tertiary/aromatic N) is 2. The number of rotatable bonds is 4. The van der Waals surface area contributed by atoms with Gasteiger partial charge >= 0.3 is 5.97 Å². The van der Waals surface area contributed by atoms with Crippen LogP contribution < -0.4 is 0 Å². The average Bonchev–Trinajstić information content (AvgIpc) is 3.09. The zero-order valence-electron chi connectivity index (χ0n) is 13.6. The highest BCUT2D eigenvalue weighted by atomic mass is 35.5. The lowest BCUT2D eigenvalue weighted by molar-refractivity contribution is -0.384. The maximum absolute atomic E-state index is 12.3. The minimum absolute atomic E-state index is 0. The first-order valence-electron chi connectivity index (χ1n) is 8.34. The molecule has 0 aromatic heterocycles. The number of benzene rings is 1. The van der Waals surface area contributed by atoms with Gasteiger partial charge in [0.15, 0.2) is 0 Å². The van der Waals surface area contributed by atoms with Crippen molar-refractivity contribution >= 4 is 24.1 Å². The largest absolute Gasteiger partial charge is 0.457 e. The maximum Gasteiger partial charge on any atom is 0.338 e. The molecule has 2 aliphatic rings. The van der Waals surface area contributed by atoms with Gasteiger partial charge in [-0.3, -0.25) is 15.0 Å². The number of ether oxygens (including phenoxy) is 1. The smallest absolute Gasteiger partial charge is 0.338 e. The van der Waals surface area contributed by atoms with Gasteiger partial charge in [-0.2, -0.15) is 0 Å². The maximum atomic E-state index is 12.3. The van der Waals surface area contributed by atoms with E-state index >= 15 is 0 Å². The van der Waals surface area contributed by atoms with E-state index in [1.807, 2.05) is 0 Å². The summed E-state index contributed by atoms with van der Waals surface area (Å²) in [5.74, 6) is -0.379. The average molecular weight is 355 g/mol. The van der Waals surface area contributed by atoms with E-state index in [4.69, 9.17) is 4.74 Å². The fraction of sp³-hybridized carbons (Fsp3) is 0.588. The molecule has 1 saturated heterocycles. The van der Waals surface area contributed by atoms with Crippen LogP contribution in [0.2, 0.25) is 0 Å². The third-order valence-corrected chi connectivity index (χ3v) is 4.85. The van der Waals surface area contributed by atoms with Gasteiger partial charge in [-0.05, 0) is 57.3 Å². The summed E-state index contributed by atoms with van der Waals surface area (Å²) in [5, 5.41) is 10.7. The van der Waals surface area contributed by atoms with E-state index in [0.717, 1.165) is 32.4 Å². The van der Waals surface area contributed by atoms with Gasteiger partial charge in [0.2, 0.25) is 0 Å². The number of likely N-dealkylation sites (tertiary alicyclic amines) is 1. The Morgan fingerprint density at radius 1 is 1.08 bits per heavy atom. The Bertz CT molecular complexity index is 572. The van der Waals surface area contributed by atoms with E-state index in [1.165, 1.54) is 43.5 Å². The molecule has 0 N–H and O–H groups in total. The SMILES string of the molecule is Cl.O=C(O[C@@H]1CCCC[C@H]1N1CCCC1)c1ccc([N+](=O)[O-])cc1. The van der Waals surface area contributed by atoms with Crippen LogP contribution in [0.3, 0.4) is 0 Å². The van der Waals surface area contributed by atoms with Crippen molar-refractivity contribution in [3.05, 3.63) is 39.9 Å². The third-order valence-electron chi connectivity index (χ3n) is 4.85. The van der Waals surface area contributed by atoms with Crippen LogP contribution in [0.1, 0.15) is 48.9 Å². The molecule has 0 radical (unpaired) electrons. The second kappa shape index (κ2) is 8.44. The van der Waals surface area contributed by atoms with Crippen molar-refractivity contribution in [2.45, 2.75) is 50.7 Å². The highest BCUT2D eigenvalue weighted by Crippen LogP contribution is 2.29. The third kappa shape index (κ3) is 4.24. The van der Waals surface area contributed by atoms with E-state index in [2.05, 4.69) is 4.90 Å². The molecule has 132 valence electrons. The van der Waals surface area contributed by atoms with Gasteiger partial charge in [0.25, 0.3) is 5.69 Å². The van der Waals surface area contributed by atoms with Crippen LogP contribution in [0, 0.1) is 10.1 Å². The predicted molar refractivity (Wildman–Crippen MR) is 92.6 cm³/mol. The Balaban J connectivity index is 0.00000208. The van der Waals surface area contributed by atoms with E-state index in [9.17, 15) is 14.9 Å². The van der Waals surface area contributed by atoms with E-state index in [1.54, 1.807) is 0 Å². The summed E-state index contributed by atoms with van der Waals surface area (Å²) in [4.78, 5) is 25.0. The van der Waals surface area contributed by atoms with Gasteiger partial charge in [0.1, 0.15) is 6.10 Å². The molecule has 3 rings (SSSR count). The van der Waals surface area contributed by atoms with E-state index in [0.29, 0.717) is 11.6 Å². The normalized spacial score (nSPS) is 24.2. The summed E-state index contributed by atoms with van der Waals surface area (Å²) in [6, 6.07) is 5.95. The van der Waals surface area contributed by atoms with Gasteiger partial charge in [0.05, 0.1) is 10.5 Å². The van der Waals surface area contributed by atoms with Crippen LogP contribution in [0.5, 0.6) is 0 Å². The summed E-state index contributed by atoms with van der Waals surface area (Å²) < 4.78 is 5.75. The van der Waals surface area contributed by atoms with E-state index < -0.39 is 4.92 Å². The van der Waals surface area contributed by atoms with Crippen LogP contribution in [-0.2, 0) is 4.74 Å². The first kappa shape index (κ1) is 18.7. The molecule has 0 amide bonds. The number of carbonyl (C=O) groups excluding carboxylic acids is 1. The fourth-order valence-corrected chi connectivity index (χ4v) is 3.63. The van der Waals surface area contributed by atoms with Gasteiger partial charge < -0.3 is 4.74 Å². The van der Waals surface area contributed by atoms with Crippen LogP contribution >= 0.6 is 12.4 Å². The summed E-state index contributed by atoms with van der Waals surface area (Å²) >= 11 is 0. The molecule has 0 spiro atoms. The molecule has 24 heavy (non-hydrogen) atoms. The van der Waals surface area contributed by atoms with Crippen molar-refractivity contribution in [1.29, 1.82) is 0 Å². The lowest BCUT2D eigenvalue weighted by Gasteiger charge is -2.37. The topological polar surface area (TPSA) is 72.7 Å². The van der Waals surface area contributed by atoms with Crippen molar-refractivity contribution in [3.63, 3.8) is 0 Å². The molecule has 0 unspecified atom stereocenters. The highest BCUT2D eigenvalue weighted by molar-refractivity contribution is 5.89. The molecular formula is C17H23ClN2O4. The van der Waals surface area contributed by atoms with Crippen molar-refractivity contribution in [3.8, 4) is 0 Å². The van der Waals surface area contributed by atoms with Crippen LogP contribution in [0.15, 0.2) is 24.3 Å². The lowest BCUT2D eigenvalue weighted by Crippen LogP contribution is -2.46. The number of nitro groups is 1. The van der Waals surface area contributed by atoms with Crippen molar-refractivity contribution in [1.82, 2.24) is 4.90 Å². The molecule has 7 heteroatoms. The fourth-order valence-electron chi connectivity index (χ4n) is 3.63. The van der Waals surface area contributed by atoms with Crippen molar-refractivity contribution < 1.29 is 14.5 Å². The first-order valence-corrected chi connectivity index (χ1v) is 8.34. The highest BCUT2D eigenvalue weighted by Gasteiger charge is 2.34. The summed E-state index contributed by atoms with van der Waals surface area (Å²) in [5.41, 5.74) is 0.357. The molecule has 1 saturated carbocycles. The number of halogens is 1.